The Morgan fingerprint density at radius 2 is 1.69 bits per heavy atom. The van der Waals surface area contributed by atoms with Crippen LogP contribution in [0.4, 0.5) is 11.5 Å². The number of aromatic hydroxyl groups is 1. The van der Waals surface area contributed by atoms with Crippen molar-refractivity contribution in [3.05, 3.63) is 40.5 Å². The van der Waals surface area contributed by atoms with Crippen molar-refractivity contribution in [2.24, 2.45) is 0 Å². The topological polar surface area (TPSA) is 82.0 Å². The molecule has 0 radical (unpaired) electrons. The molecular weight excluding hydrogens is 462 g/mol. The summed E-state index contributed by atoms with van der Waals surface area (Å²) in [5.74, 6) is 1.75. The normalized spacial score (nSPS) is 17.2. The lowest BCUT2D eigenvalue weighted by atomic mass is 10.1. The minimum Gasteiger partial charge on any atom is -0.508 e. The first-order valence-electron chi connectivity index (χ1n) is 12.5. The van der Waals surface area contributed by atoms with E-state index in [1.54, 1.807) is 12.1 Å². The molecule has 4 heterocycles. The zero-order chi connectivity index (χ0) is 24.4. The fourth-order valence-corrected chi connectivity index (χ4v) is 6.10. The predicted octanol–water partition coefficient (Wildman–Crippen LogP) is 4.19. The Balaban J connectivity index is 1.45. The summed E-state index contributed by atoms with van der Waals surface area (Å²) in [5.41, 5.74) is 2.02. The highest BCUT2D eigenvalue weighted by molar-refractivity contribution is 7.20. The SMILES string of the molecule is CCOC(=O)c1sc2nc(CN3CCCCC3)nc(N3CCN(c4ccc(O)cc4)CC3)c2c1C. The van der Waals surface area contributed by atoms with E-state index in [1.165, 1.54) is 30.6 Å². The molecule has 1 aromatic carbocycles. The van der Waals surface area contributed by atoms with E-state index in [0.29, 0.717) is 11.5 Å². The number of esters is 1. The highest BCUT2D eigenvalue weighted by atomic mass is 32.1. The van der Waals surface area contributed by atoms with Crippen LogP contribution in [0.25, 0.3) is 10.2 Å². The number of hydrogen-bond donors (Lipinski definition) is 1. The van der Waals surface area contributed by atoms with Gasteiger partial charge in [-0.3, -0.25) is 4.90 Å². The number of aryl methyl sites for hydroxylation is 1. The number of carbonyl (C=O) groups is 1. The number of nitrogens with zero attached hydrogens (tertiary/aromatic N) is 5. The molecule has 0 aliphatic carbocycles. The lowest BCUT2D eigenvalue weighted by Crippen LogP contribution is -2.47. The van der Waals surface area contributed by atoms with Gasteiger partial charge in [-0.15, -0.1) is 11.3 Å². The molecule has 2 aromatic heterocycles. The van der Waals surface area contributed by atoms with E-state index in [0.717, 1.165) is 78.9 Å². The summed E-state index contributed by atoms with van der Waals surface area (Å²) in [6.07, 6.45) is 3.73. The number of hydrogen-bond acceptors (Lipinski definition) is 9. The number of aromatic nitrogens is 2. The van der Waals surface area contributed by atoms with Crippen LogP contribution < -0.4 is 9.80 Å². The van der Waals surface area contributed by atoms with E-state index in [1.807, 2.05) is 26.0 Å². The summed E-state index contributed by atoms with van der Waals surface area (Å²) in [6, 6.07) is 7.38. The Morgan fingerprint density at radius 3 is 2.37 bits per heavy atom. The van der Waals surface area contributed by atoms with Gasteiger partial charge in [0.2, 0.25) is 0 Å². The van der Waals surface area contributed by atoms with Crippen LogP contribution in [0.15, 0.2) is 24.3 Å². The van der Waals surface area contributed by atoms with Gasteiger partial charge in [0.25, 0.3) is 0 Å². The van der Waals surface area contributed by atoms with Crippen LogP contribution in [0.1, 0.15) is 47.2 Å². The zero-order valence-corrected chi connectivity index (χ0v) is 21.3. The first-order chi connectivity index (χ1) is 17.0. The Kier molecular flexibility index (Phi) is 7.06. The van der Waals surface area contributed by atoms with Gasteiger partial charge in [0.15, 0.2) is 0 Å². The average molecular weight is 496 g/mol. The molecule has 2 saturated heterocycles. The summed E-state index contributed by atoms with van der Waals surface area (Å²) < 4.78 is 5.32. The number of piperazine rings is 1. The Morgan fingerprint density at radius 1 is 1.00 bits per heavy atom. The van der Waals surface area contributed by atoms with E-state index in [2.05, 4.69) is 14.7 Å². The van der Waals surface area contributed by atoms with Gasteiger partial charge in [-0.25, -0.2) is 14.8 Å². The van der Waals surface area contributed by atoms with Crippen molar-refractivity contribution in [3.8, 4) is 5.75 Å². The smallest absolute Gasteiger partial charge is 0.348 e. The number of thiophene rings is 1. The molecule has 0 spiro atoms. The van der Waals surface area contributed by atoms with Crippen molar-refractivity contribution in [2.75, 3.05) is 55.7 Å². The molecule has 0 atom stereocenters. The van der Waals surface area contributed by atoms with Crippen molar-refractivity contribution in [1.82, 2.24) is 14.9 Å². The Labute approximate surface area is 210 Å². The summed E-state index contributed by atoms with van der Waals surface area (Å²) >= 11 is 1.42. The van der Waals surface area contributed by atoms with Gasteiger partial charge in [0.1, 0.15) is 27.1 Å². The molecule has 8 nitrogen and oxygen atoms in total. The van der Waals surface area contributed by atoms with E-state index in [4.69, 9.17) is 14.7 Å². The van der Waals surface area contributed by atoms with Crippen LogP contribution in [0.5, 0.6) is 5.75 Å². The number of likely N-dealkylation sites (tertiary alicyclic amines) is 1. The molecule has 0 unspecified atom stereocenters. The fourth-order valence-electron chi connectivity index (χ4n) is 5.01. The second-order valence-corrected chi connectivity index (χ2v) is 10.2. The number of rotatable bonds is 6. The number of fused-ring (bicyclic) bond motifs is 1. The van der Waals surface area contributed by atoms with Crippen molar-refractivity contribution in [3.63, 3.8) is 0 Å². The largest absolute Gasteiger partial charge is 0.508 e. The molecule has 9 heteroatoms. The van der Waals surface area contributed by atoms with Crippen molar-refractivity contribution >= 4 is 39.0 Å². The molecule has 35 heavy (non-hydrogen) atoms. The van der Waals surface area contributed by atoms with Gasteiger partial charge in [0, 0.05) is 31.9 Å². The predicted molar refractivity (Wildman–Crippen MR) is 140 cm³/mol. The average Bonchev–Trinajstić information content (AvgIpc) is 3.21. The van der Waals surface area contributed by atoms with E-state index < -0.39 is 0 Å². The summed E-state index contributed by atoms with van der Waals surface area (Å²) in [5, 5.41) is 10.6. The number of benzene rings is 1. The summed E-state index contributed by atoms with van der Waals surface area (Å²) in [7, 11) is 0. The third kappa shape index (κ3) is 5.06. The molecule has 2 fully saturated rings. The minimum atomic E-state index is -0.284. The minimum absolute atomic E-state index is 0.280. The Hall–Kier alpha value is -2.91. The van der Waals surface area contributed by atoms with E-state index in [9.17, 15) is 9.90 Å². The quantitative estimate of drug-likeness (QED) is 0.510. The second-order valence-electron chi connectivity index (χ2n) is 9.25. The number of carbonyl (C=O) groups excluding carboxylic acids is 1. The van der Waals surface area contributed by atoms with Gasteiger partial charge >= 0.3 is 5.97 Å². The van der Waals surface area contributed by atoms with Crippen LogP contribution in [-0.4, -0.2) is 71.8 Å². The number of phenolic OH excluding ortho intramolecular Hbond substituents is 1. The van der Waals surface area contributed by atoms with E-state index in [-0.39, 0.29) is 11.7 Å². The lowest BCUT2D eigenvalue weighted by Gasteiger charge is -2.37. The monoisotopic (exact) mass is 495 g/mol. The Bertz CT molecular complexity index is 1180. The van der Waals surface area contributed by atoms with Crippen molar-refractivity contribution in [2.45, 2.75) is 39.7 Å². The summed E-state index contributed by atoms with van der Waals surface area (Å²) in [4.78, 5) is 31.2. The molecule has 2 aliphatic heterocycles. The molecule has 1 N–H and O–H groups in total. The zero-order valence-electron chi connectivity index (χ0n) is 20.5. The fraction of sp³-hybridized carbons (Fsp3) is 0.500. The summed E-state index contributed by atoms with van der Waals surface area (Å²) in [6.45, 7) is 10.4. The highest BCUT2D eigenvalue weighted by Crippen LogP contribution is 2.37. The molecule has 186 valence electrons. The first kappa shape index (κ1) is 23.8. The molecule has 0 saturated carbocycles. The van der Waals surface area contributed by atoms with Gasteiger partial charge in [0.05, 0.1) is 18.5 Å². The highest BCUT2D eigenvalue weighted by Gasteiger charge is 2.27. The van der Waals surface area contributed by atoms with Crippen molar-refractivity contribution in [1.29, 1.82) is 0 Å². The molecule has 3 aromatic rings. The molecule has 5 rings (SSSR count). The number of phenols is 1. The first-order valence-corrected chi connectivity index (χ1v) is 13.3. The van der Waals surface area contributed by atoms with Crippen LogP contribution in [0, 0.1) is 6.92 Å². The molecular formula is C26H33N5O3S. The van der Waals surface area contributed by atoms with Gasteiger partial charge in [-0.1, -0.05) is 6.42 Å². The maximum Gasteiger partial charge on any atom is 0.348 e. The maximum atomic E-state index is 12.6. The number of anilines is 2. The van der Waals surface area contributed by atoms with Crippen molar-refractivity contribution < 1.29 is 14.6 Å². The number of ether oxygens (including phenoxy) is 1. The van der Waals surface area contributed by atoms with Gasteiger partial charge in [-0.05, 0) is 69.6 Å². The molecule has 0 amide bonds. The second kappa shape index (κ2) is 10.4. The lowest BCUT2D eigenvalue weighted by molar-refractivity contribution is 0.0531. The van der Waals surface area contributed by atoms with Gasteiger partial charge < -0.3 is 19.6 Å². The molecule has 0 bridgehead atoms. The van der Waals surface area contributed by atoms with Crippen LogP contribution >= 0.6 is 11.3 Å². The van der Waals surface area contributed by atoms with Gasteiger partial charge in [-0.2, -0.15) is 0 Å². The van der Waals surface area contributed by atoms with Crippen LogP contribution in [0.2, 0.25) is 0 Å². The third-order valence-electron chi connectivity index (χ3n) is 6.89. The van der Waals surface area contributed by atoms with E-state index >= 15 is 0 Å². The van der Waals surface area contributed by atoms with Crippen LogP contribution in [-0.2, 0) is 11.3 Å². The third-order valence-corrected chi connectivity index (χ3v) is 8.05. The number of piperidine rings is 1. The standard InChI is InChI=1S/C26H33N5O3S/c1-3-34-26(33)23-18(2)22-24(27-21(28-25(22)35-23)17-29-11-5-4-6-12-29)31-15-13-30(14-16-31)19-7-9-20(32)10-8-19/h7-10,32H,3-6,11-17H2,1-2H3. The van der Waals surface area contributed by atoms with Crippen LogP contribution in [0.3, 0.4) is 0 Å². The molecule has 2 aliphatic rings. The maximum absolute atomic E-state index is 12.6.